The van der Waals surface area contributed by atoms with Crippen LogP contribution in [0.4, 0.5) is 13.2 Å². The van der Waals surface area contributed by atoms with Gasteiger partial charge in [0, 0.05) is 5.75 Å². The van der Waals surface area contributed by atoms with Crippen LogP contribution in [0.25, 0.3) is 11.1 Å². The minimum atomic E-state index is -4.33. The Morgan fingerprint density at radius 2 is 1.71 bits per heavy atom. The quantitative estimate of drug-likeness (QED) is 0.579. The molecule has 1 atom stereocenters. The van der Waals surface area contributed by atoms with Gasteiger partial charge in [-0.15, -0.1) is 0 Å². The van der Waals surface area contributed by atoms with E-state index in [4.69, 9.17) is 5.11 Å². The Morgan fingerprint density at radius 3 is 2.14 bits per heavy atom. The molecule has 28 heavy (non-hydrogen) atoms. The van der Waals surface area contributed by atoms with Gasteiger partial charge in [0.1, 0.15) is 6.04 Å². The highest BCUT2D eigenvalue weighted by Gasteiger charge is 2.33. The van der Waals surface area contributed by atoms with E-state index in [1.54, 1.807) is 19.2 Å². The summed E-state index contributed by atoms with van der Waals surface area (Å²) in [6.07, 6.45) is -2.61. The van der Waals surface area contributed by atoms with Crippen molar-refractivity contribution >= 4 is 18.6 Å². The Hall–Kier alpha value is -1.99. The fourth-order valence-electron chi connectivity index (χ4n) is 2.74. The molecule has 2 aromatic rings. The van der Waals surface area contributed by atoms with Crippen LogP contribution < -0.4 is 5.32 Å². The first kappa shape index (κ1) is 24.0. The van der Waals surface area contributed by atoms with Crippen LogP contribution in [0, 0.1) is 0 Å². The third-order valence-corrected chi connectivity index (χ3v) is 4.71. The van der Waals surface area contributed by atoms with Gasteiger partial charge >= 0.3 is 12.1 Å². The average molecular weight is 414 g/mol. The summed E-state index contributed by atoms with van der Waals surface area (Å²) in [5.74, 6) is -0.534. The molecule has 2 N–H and O–H groups in total. The zero-order valence-corrected chi connectivity index (χ0v) is 17.1. The summed E-state index contributed by atoms with van der Waals surface area (Å²) in [5, 5.41) is 10.8. The first-order valence-electron chi connectivity index (χ1n) is 8.98. The highest BCUT2D eigenvalue weighted by molar-refractivity contribution is 7.80. The number of carbonyl (C=O) groups is 1. The lowest BCUT2D eigenvalue weighted by atomic mass is 9.94. The van der Waals surface area contributed by atoms with Gasteiger partial charge < -0.3 is 10.4 Å². The van der Waals surface area contributed by atoms with Crippen molar-refractivity contribution in [3.05, 3.63) is 59.2 Å². The van der Waals surface area contributed by atoms with E-state index in [1.165, 1.54) is 17.7 Å². The second-order valence-electron chi connectivity index (χ2n) is 6.10. The summed E-state index contributed by atoms with van der Waals surface area (Å²) in [6.45, 7) is 4.08. The number of carboxylic acids is 1. The first-order chi connectivity index (χ1) is 13.2. The molecule has 154 valence electrons. The highest BCUT2D eigenvalue weighted by atomic mass is 32.1. The lowest BCUT2D eigenvalue weighted by Crippen LogP contribution is -2.35. The fourth-order valence-corrected chi connectivity index (χ4v) is 3.08. The highest BCUT2D eigenvalue weighted by Crippen LogP contribution is 2.37. The number of aryl methyl sites for hydroxylation is 2. The number of rotatable bonds is 6. The van der Waals surface area contributed by atoms with Gasteiger partial charge in [0.05, 0.1) is 5.56 Å². The minimum absolute atomic E-state index is 0.248. The number of thiol groups is 1. The predicted molar refractivity (Wildman–Crippen MR) is 110 cm³/mol. The molecular formula is C21H26F3NO2S. The van der Waals surface area contributed by atoms with Gasteiger partial charge in [-0.3, -0.25) is 4.79 Å². The number of benzene rings is 2. The van der Waals surface area contributed by atoms with Gasteiger partial charge in [-0.1, -0.05) is 50.2 Å². The molecule has 2 rings (SSSR count). The summed E-state index contributed by atoms with van der Waals surface area (Å²) < 4.78 is 39.2. The number of likely N-dealkylation sites (N-methyl/N-ethyl adjacent to an activating group) is 1. The molecule has 0 heterocycles. The van der Waals surface area contributed by atoms with Gasteiger partial charge in [0.2, 0.25) is 0 Å². The molecule has 0 aliphatic carbocycles. The summed E-state index contributed by atoms with van der Waals surface area (Å²) in [5.41, 5.74) is 2.61. The van der Waals surface area contributed by atoms with Crippen LogP contribution in [0.1, 0.15) is 30.5 Å². The molecule has 0 radical (unpaired) electrons. The molecule has 3 nitrogen and oxygen atoms in total. The van der Waals surface area contributed by atoms with E-state index >= 15 is 0 Å². The molecule has 0 amide bonds. The second-order valence-corrected chi connectivity index (χ2v) is 6.46. The van der Waals surface area contributed by atoms with Crippen molar-refractivity contribution < 1.29 is 23.1 Å². The van der Waals surface area contributed by atoms with E-state index in [9.17, 15) is 18.0 Å². The van der Waals surface area contributed by atoms with E-state index in [-0.39, 0.29) is 5.56 Å². The van der Waals surface area contributed by atoms with Crippen molar-refractivity contribution in [1.29, 1.82) is 0 Å². The zero-order valence-electron chi connectivity index (χ0n) is 16.2. The van der Waals surface area contributed by atoms with Crippen LogP contribution in [0.5, 0.6) is 0 Å². The van der Waals surface area contributed by atoms with Crippen LogP contribution in [0.15, 0.2) is 42.5 Å². The minimum Gasteiger partial charge on any atom is -0.480 e. The Bertz CT molecular complexity index is 774. The van der Waals surface area contributed by atoms with Crippen molar-refractivity contribution in [2.45, 2.75) is 38.9 Å². The second kappa shape index (κ2) is 11.1. The van der Waals surface area contributed by atoms with Gasteiger partial charge in [-0.25, -0.2) is 0 Å². The molecule has 0 aromatic heterocycles. The Kier molecular flexibility index (Phi) is 9.55. The van der Waals surface area contributed by atoms with Crippen LogP contribution >= 0.6 is 12.6 Å². The Balaban J connectivity index is 0.000000416. The largest absolute Gasteiger partial charge is 0.480 e. The van der Waals surface area contributed by atoms with Gasteiger partial charge in [-0.2, -0.15) is 25.8 Å². The van der Waals surface area contributed by atoms with E-state index in [0.29, 0.717) is 11.3 Å². The molecule has 2 aromatic carbocycles. The normalized spacial score (nSPS) is 12.1. The number of nitrogens with one attached hydrogen (secondary N) is 1. The van der Waals surface area contributed by atoms with Gasteiger partial charge in [0.25, 0.3) is 0 Å². The lowest BCUT2D eigenvalue weighted by Gasteiger charge is -2.14. The van der Waals surface area contributed by atoms with Crippen LogP contribution in [-0.4, -0.2) is 29.9 Å². The summed E-state index contributed by atoms with van der Waals surface area (Å²) in [6, 6.07) is 10.8. The molecule has 7 heteroatoms. The maximum atomic E-state index is 13.1. The van der Waals surface area contributed by atoms with Crippen LogP contribution in [-0.2, 0) is 23.8 Å². The number of hydrogen-bond donors (Lipinski definition) is 3. The molecule has 0 unspecified atom stereocenters. The predicted octanol–water partition coefficient (Wildman–Crippen LogP) is 5.09. The molecule has 0 aliphatic rings. The Morgan fingerprint density at radius 1 is 1.11 bits per heavy atom. The van der Waals surface area contributed by atoms with Crippen LogP contribution in [0.2, 0.25) is 0 Å². The van der Waals surface area contributed by atoms with Crippen molar-refractivity contribution in [3.8, 4) is 11.1 Å². The third kappa shape index (κ3) is 6.56. The van der Waals surface area contributed by atoms with E-state index in [0.717, 1.165) is 24.5 Å². The molecule has 0 saturated carbocycles. The Labute approximate surface area is 169 Å². The topological polar surface area (TPSA) is 49.3 Å². The zero-order chi connectivity index (χ0) is 21.3. The molecule has 0 fully saturated rings. The number of aliphatic carboxylic acids is 1. The molecule has 0 saturated heterocycles. The van der Waals surface area contributed by atoms with Gasteiger partial charge in [0.15, 0.2) is 0 Å². The van der Waals surface area contributed by atoms with Gasteiger partial charge in [-0.05, 0) is 48.2 Å². The fraction of sp³-hybridized carbons (Fsp3) is 0.381. The SMILES string of the molecule is CCc1ccc(-c2ccccc2C(F)(F)F)cc1CC.CN[C@H](CS)C(=O)O. The monoisotopic (exact) mass is 413 g/mol. The van der Waals surface area contributed by atoms with Crippen LogP contribution in [0.3, 0.4) is 0 Å². The van der Waals surface area contributed by atoms with Crippen molar-refractivity contribution in [2.75, 3.05) is 12.8 Å². The number of carboxylic acid groups (broad SMARTS) is 1. The van der Waals surface area contributed by atoms with Crippen molar-refractivity contribution in [1.82, 2.24) is 5.32 Å². The maximum Gasteiger partial charge on any atom is 0.417 e. The lowest BCUT2D eigenvalue weighted by molar-refractivity contribution is -0.139. The number of halogens is 3. The average Bonchev–Trinajstić information content (AvgIpc) is 2.68. The standard InChI is InChI=1S/C17H17F3.C4H9NO2S/c1-3-12-9-10-14(11-13(12)4-2)15-7-5-6-8-16(15)17(18,19)20;1-5-3(2-8)4(6)7/h5-11H,3-4H2,1-2H3;3,5,8H,2H2,1H3,(H,6,7)/t;3-/m.1/s1. The molecule has 0 bridgehead atoms. The smallest absolute Gasteiger partial charge is 0.417 e. The van der Waals surface area contributed by atoms with E-state index < -0.39 is 23.8 Å². The first-order valence-corrected chi connectivity index (χ1v) is 9.62. The summed E-state index contributed by atoms with van der Waals surface area (Å²) in [7, 11) is 1.59. The van der Waals surface area contributed by atoms with E-state index in [1.807, 2.05) is 19.1 Å². The molecular weight excluding hydrogens is 387 g/mol. The number of hydrogen-bond acceptors (Lipinski definition) is 3. The number of alkyl halides is 3. The third-order valence-electron chi connectivity index (χ3n) is 4.34. The maximum absolute atomic E-state index is 13.1. The van der Waals surface area contributed by atoms with Crippen molar-refractivity contribution in [3.63, 3.8) is 0 Å². The molecule has 0 spiro atoms. The summed E-state index contributed by atoms with van der Waals surface area (Å²) in [4.78, 5) is 10.1. The molecule has 0 aliphatic heterocycles. The van der Waals surface area contributed by atoms with E-state index in [2.05, 4.69) is 24.9 Å². The summed E-state index contributed by atoms with van der Waals surface area (Å²) >= 11 is 3.79. The van der Waals surface area contributed by atoms with Crippen molar-refractivity contribution in [2.24, 2.45) is 0 Å².